The smallest absolute Gasteiger partial charge is 0.128 e. The normalized spacial score (nSPS) is 13.9. The van der Waals surface area contributed by atoms with E-state index < -0.39 is 15.8 Å². The summed E-state index contributed by atoms with van der Waals surface area (Å²) in [4.78, 5) is 0. The lowest BCUT2D eigenvalue weighted by Gasteiger charge is -2.29. The zero-order valence-corrected chi connectivity index (χ0v) is 28.6. The number of fused-ring (bicyclic) bond motifs is 3. The van der Waals surface area contributed by atoms with Crippen molar-refractivity contribution < 1.29 is 18.9 Å². The lowest BCUT2D eigenvalue weighted by Crippen LogP contribution is -2.27. The van der Waals surface area contributed by atoms with Gasteiger partial charge in [-0.2, -0.15) is 0 Å². The third kappa shape index (κ3) is 7.39. The highest BCUT2D eigenvalue weighted by atomic mass is 31.1. The van der Waals surface area contributed by atoms with Gasteiger partial charge in [-0.25, -0.2) is 0 Å². The Morgan fingerprint density at radius 3 is 0.958 bits per heavy atom. The fourth-order valence-electron chi connectivity index (χ4n) is 6.06. The molecule has 0 unspecified atom stereocenters. The number of hydrogen-bond donors (Lipinski definition) is 0. The van der Waals surface area contributed by atoms with Gasteiger partial charge in [0, 0.05) is 11.1 Å². The van der Waals surface area contributed by atoms with Crippen LogP contribution >= 0.6 is 15.8 Å². The van der Waals surface area contributed by atoms with Crippen LogP contribution in [0.25, 0.3) is 11.1 Å². The second-order valence-corrected chi connectivity index (χ2v) is 15.6. The van der Waals surface area contributed by atoms with Gasteiger partial charge in [0.05, 0.1) is 26.4 Å². The number of benzene rings is 6. The van der Waals surface area contributed by atoms with Gasteiger partial charge in [-0.3, -0.25) is 0 Å². The molecule has 6 heteroatoms. The Morgan fingerprint density at radius 2 is 0.625 bits per heavy atom. The summed E-state index contributed by atoms with van der Waals surface area (Å²) in [6.45, 7) is 2.84. The first kappa shape index (κ1) is 32.3. The first-order chi connectivity index (χ1) is 23.9. The summed E-state index contributed by atoms with van der Waals surface area (Å²) in [5, 5.41) is 7.54. The highest BCUT2D eigenvalue weighted by molar-refractivity contribution is 7.80. The van der Waals surface area contributed by atoms with E-state index in [9.17, 15) is 0 Å². The molecule has 0 radical (unpaired) electrons. The molecule has 6 aromatic rings. The molecule has 48 heavy (non-hydrogen) atoms. The number of hydrogen-bond acceptors (Lipinski definition) is 4. The average Bonchev–Trinajstić information content (AvgIpc) is 3.15. The maximum absolute atomic E-state index is 6.69. The van der Waals surface area contributed by atoms with E-state index in [1.54, 1.807) is 0 Å². The van der Waals surface area contributed by atoms with E-state index in [0.717, 1.165) is 22.6 Å². The minimum Gasteiger partial charge on any atom is -0.491 e. The highest BCUT2D eigenvalue weighted by Gasteiger charge is 2.30. The molecule has 1 heterocycles. The van der Waals surface area contributed by atoms with Crippen molar-refractivity contribution in [3.05, 3.63) is 158 Å². The second kappa shape index (κ2) is 16.2. The molecule has 4 nitrogen and oxygen atoms in total. The van der Waals surface area contributed by atoms with Gasteiger partial charge in [0.25, 0.3) is 0 Å². The molecular weight excluding hydrogens is 630 g/mol. The molecule has 6 aromatic carbocycles. The molecule has 0 saturated heterocycles. The predicted octanol–water partition coefficient (Wildman–Crippen LogP) is 6.67. The quantitative estimate of drug-likeness (QED) is 0.186. The van der Waals surface area contributed by atoms with Crippen molar-refractivity contribution in [3.63, 3.8) is 0 Å². The summed E-state index contributed by atoms with van der Waals surface area (Å²) in [6, 6.07) is 56.4. The van der Waals surface area contributed by atoms with Gasteiger partial charge in [0.2, 0.25) is 0 Å². The Balaban J connectivity index is 1.54. The number of rotatable bonds is 6. The Labute approximate surface area is 285 Å². The summed E-state index contributed by atoms with van der Waals surface area (Å²) >= 11 is 0. The molecule has 1 aliphatic rings. The Morgan fingerprint density at radius 1 is 0.312 bits per heavy atom. The minimum atomic E-state index is -0.967. The van der Waals surface area contributed by atoms with Gasteiger partial charge >= 0.3 is 0 Å². The zero-order valence-electron chi connectivity index (χ0n) is 26.8. The summed E-state index contributed by atoms with van der Waals surface area (Å²) in [7, 11) is -1.93. The predicted molar refractivity (Wildman–Crippen MR) is 202 cm³/mol. The molecule has 0 atom stereocenters. The highest BCUT2D eigenvalue weighted by Crippen LogP contribution is 2.47. The SMILES string of the molecule is c1ccc(P(c2ccccc2)c2cccc3c2-c2c(cccc2P(c2ccccc2)c2ccccc2)OCCOCCOCCO3)cc1. The maximum atomic E-state index is 6.69. The summed E-state index contributed by atoms with van der Waals surface area (Å²) < 4.78 is 25.1. The largest absolute Gasteiger partial charge is 0.491 e. The van der Waals surface area contributed by atoms with Crippen molar-refractivity contribution in [2.45, 2.75) is 0 Å². The standard InChI is InChI=1S/C42H38O4P2/c1-5-15-33(16-6-1)47(34-17-7-2-8-18-34)39-25-13-23-37-41(39)42-38(46-32-30-44-28-27-43-29-31-45-37)24-14-26-40(42)48(35-19-9-3-10-20-35)36-21-11-4-12-22-36/h1-26H,27-32H2. The van der Waals surface area contributed by atoms with E-state index in [-0.39, 0.29) is 0 Å². The van der Waals surface area contributed by atoms with Gasteiger partial charge in [-0.1, -0.05) is 146 Å². The van der Waals surface area contributed by atoms with E-state index in [0.29, 0.717) is 39.6 Å². The van der Waals surface area contributed by atoms with Crippen molar-refractivity contribution in [1.29, 1.82) is 0 Å². The molecule has 1 aliphatic heterocycles. The summed E-state index contributed by atoms with van der Waals surface area (Å²) in [6.07, 6.45) is 0. The van der Waals surface area contributed by atoms with Crippen molar-refractivity contribution in [3.8, 4) is 22.6 Å². The van der Waals surface area contributed by atoms with Crippen LogP contribution in [0.1, 0.15) is 0 Å². The monoisotopic (exact) mass is 668 g/mol. The van der Waals surface area contributed by atoms with Crippen LogP contribution < -0.4 is 41.3 Å². The van der Waals surface area contributed by atoms with E-state index >= 15 is 0 Å². The molecule has 0 amide bonds. The van der Waals surface area contributed by atoms with Gasteiger partial charge in [-0.05, 0) is 59.8 Å². The first-order valence-corrected chi connectivity index (χ1v) is 19.0. The van der Waals surface area contributed by atoms with Crippen molar-refractivity contribution >= 4 is 47.7 Å². The van der Waals surface area contributed by atoms with Crippen LogP contribution in [0.5, 0.6) is 11.5 Å². The van der Waals surface area contributed by atoms with Crippen molar-refractivity contribution in [2.24, 2.45) is 0 Å². The van der Waals surface area contributed by atoms with Crippen molar-refractivity contribution in [1.82, 2.24) is 0 Å². The maximum Gasteiger partial charge on any atom is 0.128 e. The molecule has 0 aliphatic carbocycles. The zero-order chi connectivity index (χ0) is 32.4. The second-order valence-electron chi connectivity index (χ2n) is 11.2. The van der Waals surface area contributed by atoms with Crippen LogP contribution in [0.2, 0.25) is 0 Å². The van der Waals surface area contributed by atoms with Gasteiger partial charge < -0.3 is 18.9 Å². The third-order valence-corrected chi connectivity index (χ3v) is 13.1. The lowest BCUT2D eigenvalue weighted by atomic mass is 10.0. The average molecular weight is 669 g/mol. The van der Waals surface area contributed by atoms with E-state index in [4.69, 9.17) is 18.9 Å². The van der Waals surface area contributed by atoms with E-state index in [1.807, 2.05) is 0 Å². The fourth-order valence-corrected chi connectivity index (χ4v) is 11.0. The Hall–Kier alpha value is -4.30. The molecule has 7 rings (SSSR count). The van der Waals surface area contributed by atoms with E-state index in [2.05, 4.69) is 158 Å². The molecule has 240 valence electrons. The third-order valence-electron chi connectivity index (χ3n) is 8.14. The van der Waals surface area contributed by atoms with Crippen LogP contribution in [0.4, 0.5) is 0 Å². The molecule has 0 bridgehead atoms. The fraction of sp³-hybridized carbons (Fsp3) is 0.143. The topological polar surface area (TPSA) is 36.9 Å². The molecule has 0 spiro atoms. The van der Waals surface area contributed by atoms with Gasteiger partial charge in [0.15, 0.2) is 0 Å². The molecule has 0 aromatic heterocycles. The minimum absolute atomic E-state index is 0.426. The van der Waals surface area contributed by atoms with Gasteiger partial charge in [0.1, 0.15) is 24.7 Å². The van der Waals surface area contributed by atoms with Crippen LogP contribution in [-0.4, -0.2) is 39.6 Å². The lowest BCUT2D eigenvalue weighted by molar-refractivity contribution is 0.0271. The molecule has 0 fully saturated rings. The Kier molecular flexibility index (Phi) is 10.9. The van der Waals surface area contributed by atoms with Crippen molar-refractivity contribution in [2.75, 3.05) is 39.6 Å². The molecule has 0 saturated carbocycles. The molecule has 0 N–H and O–H groups in total. The Bertz CT molecular complexity index is 1670. The van der Waals surface area contributed by atoms with Gasteiger partial charge in [-0.15, -0.1) is 0 Å². The van der Waals surface area contributed by atoms with Crippen LogP contribution in [-0.2, 0) is 9.47 Å². The van der Waals surface area contributed by atoms with Crippen LogP contribution in [0.15, 0.2) is 158 Å². The summed E-state index contributed by atoms with van der Waals surface area (Å²) in [5.74, 6) is 1.66. The number of ether oxygens (including phenoxy) is 4. The van der Waals surface area contributed by atoms with E-state index in [1.165, 1.54) is 31.8 Å². The molecular formula is C42H38O4P2. The first-order valence-electron chi connectivity index (χ1n) is 16.4. The summed E-state index contributed by atoms with van der Waals surface area (Å²) in [5.41, 5.74) is 2.14. The van der Waals surface area contributed by atoms with Crippen LogP contribution in [0, 0.1) is 0 Å². The van der Waals surface area contributed by atoms with Crippen LogP contribution in [0.3, 0.4) is 0 Å².